The fourth-order valence-electron chi connectivity index (χ4n) is 5.78. The van der Waals surface area contributed by atoms with E-state index in [9.17, 15) is 27.3 Å². The summed E-state index contributed by atoms with van der Waals surface area (Å²) in [7, 11) is -3.00. The second-order valence-electron chi connectivity index (χ2n) is 11.2. The molecule has 0 radical (unpaired) electrons. The van der Waals surface area contributed by atoms with Crippen molar-refractivity contribution in [2.45, 2.75) is 49.7 Å². The summed E-state index contributed by atoms with van der Waals surface area (Å²) < 4.78 is 53.5. The highest BCUT2D eigenvalue weighted by Gasteiger charge is 2.48. The SMILES string of the molecule is N#CC1(NC(=O)C2C[C@@H](F)CCC2c2nn(-c3ccc(F)cn3)cc2-c2ccc(N3CCS(=O)(=O)CC3)cc2)CC1. The van der Waals surface area contributed by atoms with Crippen molar-refractivity contribution in [3.63, 3.8) is 0 Å². The number of hydrogen-bond acceptors (Lipinski definition) is 7. The molecule has 41 heavy (non-hydrogen) atoms. The minimum atomic E-state index is -3.00. The van der Waals surface area contributed by atoms with Crippen LogP contribution >= 0.6 is 0 Å². The molecule has 2 unspecified atom stereocenters. The van der Waals surface area contributed by atoms with Gasteiger partial charge in [0, 0.05) is 42.4 Å². The number of halogens is 2. The van der Waals surface area contributed by atoms with Gasteiger partial charge in [0.15, 0.2) is 15.7 Å². The predicted octanol–water partition coefficient (Wildman–Crippen LogP) is 3.70. The zero-order valence-corrected chi connectivity index (χ0v) is 23.2. The first-order valence-corrected chi connectivity index (χ1v) is 15.6. The molecule has 3 aromatic rings. The van der Waals surface area contributed by atoms with Crippen LogP contribution < -0.4 is 10.2 Å². The molecule has 1 aliphatic heterocycles. The fraction of sp³-hybridized carbons (Fsp3) is 0.448. The number of carbonyl (C=O) groups excluding carboxylic acids is 1. The highest BCUT2D eigenvalue weighted by atomic mass is 32.2. The Morgan fingerprint density at radius 2 is 1.83 bits per heavy atom. The molecule has 3 atom stereocenters. The molecule has 0 bridgehead atoms. The summed E-state index contributed by atoms with van der Waals surface area (Å²) in [6, 6.07) is 12.7. The maximum absolute atomic E-state index is 14.7. The van der Waals surface area contributed by atoms with Crippen LogP contribution in [0.15, 0.2) is 48.8 Å². The zero-order chi connectivity index (χ0) is 28.8. The van der Waals surface area contributed by atoms with Crippen LogP contribution in [0.3, 0.4) is 0 Å². The van der Waals surface area contributed by atoms with E-state index in [1.54, 1.807) is 10.9 Å². The van der Waals surface area contributed by atoms with Gasteiger partial charge in [0.1, 0.15) is 17.5 Å². The van der Waals surface area contributed by atoms with Gasteiger partial charge in [0.2, 0.25) is 5.91 Å². The highest BCUT2D eigenvalue weighted by molar-refractivity contribution is 7.91. The topological polar surface area (TPSA) is 121 Å². The number of pyridine rings is 1. The van der Waals surface area contributed by atoms with Crippen LogP contribution in [0.2, 0.25) is 0 Å². The quantitative estimate of drug-likeness (QED) is 0.472. The molecule has 1 aromatic carbocycles. The number of nitrogens with one attached hydrogen (secondary N) is 1. The van der Waals surface area contributed by atoms with Crippen LogP contribution in [0.4, 0.5) is 14.5 Å². The van der Waals surface area contributed by atoms with Crippen LogP contribution in [0.25, 0.3) is 16.9 Å². The van der Waals surface area contributed by atoms with Gasteiger partial charge in [-0.05, 0) is 61.9 Å². The second kappa shape index (κ2) is 10.5. The first-order valence-electron chi connectivity index (χ1n) is 13.8. The lowest BCUT2D eigenvalue weighted by atomic mass is 9.74. The van der Waals surface area contributed by atoms with Gasteiger partial charge in [-0.25, -0.2) is 26.9 Å². The molecular formula is C29H30F2N6O3S. The van der Waals surface area contributed by atoms with E-state index in [1.165, 1.54) is 12.1 Å². The molecule has 0 spiro atoms. The summed E-state index contributed by atoms with van der Waals surface area (Å²) >= 11 is 0. The normalized spacial score (nSPS) is 24.8. The molecule has 214 valence electrons. The molecule has 2 saturated carbocycles. The van der Waals surface area contributed by atoms with Gasteiger partial charge in [-0.15, -0.1) is 0 Å². The van der Waals surface area contributed by atoms with E-state index in [4.69, 9.17) is 5.10 Å². The van der Waals surface area contributed by atoms with Crippen molar-refractivity contribution in [1.29, 1.82) is 5.26 Å². The number of aromatic nitrogens is 3. The Balaban J connectivity index is 1.36. The molecule has 3 aliphatic rings. The average Bonchev–Trinajstić information content (AvgIpc) is 3.60. The largest absolute Gasteiger partial charge is 0.369 e. The van der Waals surface area contributed by atoms with Crippen molar-refractivity contribution < 1.29 is 22.0 Å². The van der Waals surface area contributed by atoms with E-state index >= 15 is 0 Å². The monoisotopic (exact) mass is 580 g/mol. The summed E-state index contributed by atoms with van der Waals surface area (Å²) in [5.41, 5.74) is 2.21. The number of rotatable bonds is 6. The standard InChI is InChI=1S/C29H30F2N6O3S/c30-20-3-7-23(24(15-20)28(38)34-29(18-32)9-10-29)27-25(17-37(35-27)26-8-4-21(31)16-33-26)19-1-5-22(6-2-19)36-11-13-41(39,40)14-12-36/h1-2,4-6,8,16-17,20,23-24H,3,7,9-15H2,(H,34,38)/t20-,23?,24?/m0/s1. The van der Waals surface area contributed by atoms with E-state index in [0.29, 0.717) is 43.9 Å². The van der Waals surface area contributed by atoms with Crippen LogP contribution in [0.5, 0.6) is 0 Å². The van der Waals surface area contributed by atoms with Gasteiger partial charge < -0.3 is 10.2 Å². The predicted molar refractivity (Wildman–Crippen MR) is 148 cm³/mol. The van der Waals surface area contributed by atoms with E-state index in [1.807, 2.05) is 29.2 Å². The Labute approximate surface area is 237 Å². The molecule has 3 heterocycles. The second-order valence-corrected chi connectivity index (χ2v) is 13.5. The minimum Gasteiger partial charge on any atom is -0.369 e. The maximum atomic E-state index is 14.7. The number of carbonyl (C=O) groups is 1. The third kappa shape index (κ3) is 5.68. The number of amides is 1. The number of sulfone groups is 1. The summed E-state index contributed by atoms with van der Waals surface area (Å²) in [5, 5.41) is 17.2. The third-order valence-electron chi connectivity index (χ3n) is 8.38. The molecule has 2 aromatic heterocycles. The van der Waals surface area contributed by atoms with E-state index in [0.717, 1.165) is 23.0 Å². The van der Waals surface area contributed by atoms with Crippen molar-refractivity contribution in [2.24, 2.45) is 5.92 Å². The Hall–Kier alpha value is -3.85. The van der Waals surface area contributed by atoms with Gasteiger partial charge in [0.25, 0.3) is 0 Å². The molecule has 12 heteroatoms. The third-order valence-corrected chi connectivity index (χ3v) is 9.99. The Kier molecular flexibility index (Phi) is 7.01. The number of nitriles is 1. The number of alkyl halides is 1. The minimum absolute atomic E-state index is 0.0376. The van der Waals surface area contributed by atoms with Crippen molar-refractivity contribution in [3.05, 3.63) is 60.3 Å². The van der Waals surface area contributed by atoms with Crippen molar-refractivity contribution in [3.8, 4) is 23.0 Å². The van der Waals surface area contributed by atoms with E-state index in [-0.39, 0.29) is 30.3 Å². The first kappa shape index (κ1) is 27.3. The highest BCUT2D eigenvalue weighted by Crippen LogP contribution is 2.44. The van der Waals surface area contributed by atoms with E-state index in [2.05, 4.69) is 16.4 Å². The Morgan fingerprint density at radius 1 is 1.10 bits per heavy atom. The Morgan fingerprint density at radius 3 is 2.46 bits per heavy atom. The van der Waals surface area contributed by atoms with Crippen LogP contribution in [0.1, 0.15) is 43.7 Å². The van der Waals surface area contributed by atoms with Gasteiger partial charge >= 0.3 is 0 Å². The van der Waals surface area contributed by atoms with Gasteiger partial charge in [-0.1, -0.05) is 12.1 Å². The molecule has 3 fully saturated rings. The molecular weight excluding hydrogens is 550 g/mol. The number of hydrogen-bond donors (Lipinski definition) is 1. The first-order chi connectivity index (χ1) is 19.7. The smallest absolute Gasteiger partial charge is 0.225 e. The summed E-state index contributed by atoms with van der Waals surface area (Å²) in [5.74, 6) is -1.30. The van der Waals surface area contributed by atoms with Crippen molar-refractivity contribution >= 4 is 21.4 Å². The number of anilines is 1. The average molecular weight is 581 g/mol. The van der Waals surface area contributed by atoms with Gasteiger partial charge in [-0.3, -0.25) is 4.79 Å². The fourth-order valence-corrected chi connectivity index (χ4v) is 6.98. The zero-order valence-electron chi connectivity index (χ0n) is 22.3. The van der Waals surface area contributed by atoms with Crippen LogP contribution in [-0.4, -0.2) is 65.4 Å². The van der Waals surface area contributed by atoms with E-state index < -0.39 is 39.2 Å². The lowest BCUT2D eigenvalue weighted by molar-refractivity contribution is -0.128. The molecule has 1 N–H and O–H groups in total. The molecule has 2 aliphatic carbocycles. The summed E-state index contributed by atoms with van der Waals surface area (Å²) in [6.45, 7) is 0.850. The van der Waals surface area contributed by atoms with Crippen molar-refractivity contribution in [2.75, 3.05) is 29.5 Å². The lowest BCUT2D eigenvalue weighted by Gasteiger charge is -2.32. The molecule has 6 rings (SSSR count). The van der Waals surface area contributed by atoms with Gasteiger partial charge in [-0.2, -0.15) is 10.4 Å². The van der Waals surface area contributed by atoms with Gasteiger partial charge in [0.05, 0.1) is 29.5 Å². The molecule has 9 nitrogen and oxygen atoms in total. The number of nitrogens with zero attached hydrogens (tertiary/aromatic N) is 5. The lowest BCUT2D eigenvalue weighted by Crippen LogP contribution is -2.44. The summed E-state index contributed by atoms with van der Waals surface area (Å²) in [6.07, 6.45) is 3.65. The number of benzene rings is 1. The van der Waals surface area contributed by atoms with Crippen LogP contribution in [-0.2, 0) is 14.6 Å². The van der Waals surface area contributed by atoms with Crippen molar-refractivity contribution in [1.82, 2.24) is 20.1 Å². The van der Waals surface area contributed by atoms with Crippen LogP contribution in [0, 0.1) is 23.1 Å². The summed E-state index contributed by atoms with van der Waals surface area (Å²) in [4.78, 5) is 19.6. The molecule has 1 saturated heterocycles. The molecule has 1 amide bonds. The maximum Gasteiger partial charge on any atom is 0.225 e. The Bertz CT molecular complexity index is 1580.